The van der Waals surface area contributed by atoms with E-state index in [0.717, 1.165) is 24.9 Å². The minimum Gasteiger partial charge on any atom is -0.382 e. The third-order valence-electron chi connectivity index (χ3n) is 5.28. The van der Waals surface area contributed by atoms with E-state index >= 15 is 0 Å². The smallest absolute Gasteiger partial charge is 0.270 e. The largest absolute Gasteiger partial charge is 0.382 e. The van der Waals surface area contributed by atoms with E-state index in [2.05, 4.69) is 20.4 Å². The van der Waals surface area contributed by atoms with Crippen LogP contribution in [0.25, 0.3) is 11.1 Å². The van der Waals surface area contributed by atoms with Gasteiger partial charge in [0.1, 0.15) is 11.5 Å². The van der Waals surface area contributed by atoms with Gasteiger partial charge in [-0.3, -0.25) is 14.8 Å². The monoisotopic (exact) mass is 393 g/mol. The van der Waals surface area contributed by atoms with Crippen LogP contribution >= 0.6 is 0 Å². The molecule has 2 aromatic carbocycles. The van der Waals surface area contributed by atoms with Crippen molar-refractivity contribution in [2.75, 3.05) is 18.8 Å². The van der Waals surface area contributed by atoms with Gasteiger partial charge >= 0.3 is 0 Å². The third kappa shape index (κ3) is 4.30. The van der Waals surface area contributed by atoms with Gasteiger partial charge in [-0.05, 0) is 31.0 Å². The summed E-state index contributed by atoms with van der Waals surface area (Å²) < 4.78 is 14.0. The van der Waals surface area contributed by atoms with Crippen LogP contribution in [0.5, 0.6) is 0 Å². The molecule has 4 rings (SSSR count). The molecule has 0 radical (unpaired) electrons. The molecule has 0 spiro atoms. The van der Waals surface area contributed by atoms with E-state index in [-0.39, 0.29) is 17.8 Å². The number of nitrogens with two attached hydrogens (primary N) is 1. The number of hydrogen-bond donors (Lipinski definition) is 3. The van der Waals surface area contributed by atoms with Crippen molar-refractivity contribution < 1.29 is 9.18 Å². The SMILES string of the molecule is Nc1n[nH]c(C(=O)N[C@@H]2CCCN(Cc3ccccc3F)C2)c1-c1ccccc1. The second-order valence-corrected chi connectivity index (χ2v) is 7.36. The molecule has 2 heterocycles. The van der Waals surface area contributed by atoms with Crippen LogP contribution in [0.2, 0.25) is 0 Å². The van der Waals surface area contributed by atoms with Crippen molar-refractivity contribution >= 4 is 11.7 Å². The average molecular weight is 393 g/mol. The summed E-state index contributed by atoms with van der Waals surface area (Å²) in [4.78, 5) is 15.1. The minimum absolute atomic E-state index is 0.0174. The van der Waals surface area contributed by atoms with Gasteiger partial charge in [-0.1, -0.05) is 48.5 Å². The fourth-order valence-corrected chi connectivity index (χ4v) is 3.86. The first kappa shape index (κ1) is 19.1. The Kier molecular flexibility index (Phi) is 5.57. The summed E-state index contributed by atoms with van der Waals surface area (Å²) in [5.74, 6) is -0.129. The molecule has 1 aromatic heterocycles. The zero-order chi connectivity index (χ0) is 20.2. The van der Waals surface area contributed by atoms with Gasteiger partial charge in [-0.2, -0.15) is 5.10 Å². The van der Waals surface area contributed by atoms with E-state index in [1.54, 1.807) is 12.1 Å². The first-order chi connectivity index (χ1) is 14.1. The Labute approximate surface area is 168 Å². The minimum atomic E-state index is -0.231. The van der Waals surface area contributed by atoms with Crippen LogP contribution in [-0.2, 0) is 6.54 Å². The number of aromatic nitrogens is 2. The molecule has 0 unspecified atom stereocenters. The molecule has 1 fully saturated rings. The highest BCUT2D eigenvalue weighted by molar-refractivity contribution is 6.01. The maximum Gasteiger partial charge on any atom is 0.270 e. The van der Waals surface area contributed by atoms with Crippen LogP contribution in [0.4, 0.5) is 10.2 Å². The van der Waals surface area contributed by atoms with Gasteiger partial charge in [0, 0.05) is 24.7 Å². The van der Waals surface area contributed by atoms with Crippen LogP contribution in [0, 0.1) is 5.82 Å². The maximum absolute atomic E-state index is 14.0. The first-order valence-corrected chi connectivity index (χ1v) is 9.77. The highest BCUT2D eigenvalue weighted by Crippen LogP contribution is 2.28. The molecule has 1 atom stereocenters. The van der Waals surface area contributed by atoms with Crippen molar-refractivity contribution in [2.45, 2.75) is 25.4 Å². The predicted molar refractivity (Wildman–Crippen MR) is 111 cm³/mol. The number of halogens is 1. The normalized spacial score (nSPS) is 17.2. The fraction of sp³-hybridized carbons (Fsp3) is 0.273. The number of hydrogen-bond acceptors (Lipinski definition) is 4. The summed E-state index contributed by atoms with van der Waals surface area (Å²) >= 11 is 0. The Morgan fingerprint density at radius 3 is 2.76 bits per heavy atom. The summed E-state index contributed by atoms with van der Waals surface area (Å²) in [7, 11) is 0. The molecular weight excluding hydrogens is 369 g/mol. The van der Waals surface area contributed by atoms with E-state index in [0.29, 0.717) is 35.7 Å². The topological polar surface area (TPSA) is 87.0 Å². The van der Waals surface area contributed by atoms with Gasteiger partial charge in [0.2, 0.25) is 0 Å². The molecular formula is C22H24FN5O. The van der Waals surface area contributed by atoms with Crippen LogP contribution < -0.4 is 11.1 Å². The number of H-pyrrole nitrogens is 1. The lowest BCUT2D eigenvalue weighted by Crippen LogP contribution is -2.47. The van der Waals surface area contributed by atoms with Gasteiger partial charge in [0.05, 0.1) is 5.56 Å². The number of amides is 1. The first-order valence-electron chi connectivity index (χ1n) is 9.77. The second-order valence-electron chi connectivity index (χ2n) is 7.36. The van der Waals surface area contributed by atoms with E-state index < -0.39 is 0 Å². The number of rotatable bonds is 5. The number of nitrogens with zero attached hydrogens (tertiary/aromatic N) is 2. The van der Waals surface area contributed by atoms with Crippen molar-refractivity contribution in [1.82, 2.24) is 20.4 Å². The number of carbonyl (C=O) groups is 1. The molecule has 1 amide bonds. The molecule has 1 saturated heterocycles. The van der Waals surface area contributed by atoms with E-state index in [1.807, 2.05) is 36.4 Å². The summed E-state index contributed by atoms with van der Waals surface area (Å²) in [6.45, 7) is 2.09. The summed E-state index contributed by atoms with van der Waals surface area (Å²) in [5, 5.41) is 9.89. The molecule has 6 nitrogen and oxygen atoms in total. The van der Waals surface area contributed by atoms with Crippen molar-refractivity contribution in [3.05, 3.63) is 71.7 Å². The Morgan fingerprint density at radius 2 is 1.97 bits per heavy atom. The number of anilines is 1. The zero-order valence-electron chi connectivity index (χ0n) is 16.1. The van der Waals surface area contributed by atoms with Crippen molar-refractivity contribution in [1.29, 1.82) is 0 Å². The molecule has 0 bridgehead atoms. The van der Waals surface area contributed by atoms with Crippen LogP contribution in [-0.4, -0.2) is 40.1 Å². The fourth-order valence-electron chi connectivity index (χ4n) is 3.86. The van der Waals surface area contributed by atoms with E-state index in [4.69, 9.17) is 5.73 Å². The molecule has 3 aromatic rings. The van der Waals surface area contributed by atoms with Gasteiger partial charge < -0.3 is 11.1 Å². The van der Waals surface area contributed by atoms with Crippen molar-refractivity contribution in [2.24, 2.45) is 0 Å². The molecule has 29 heavy (non-hydrogen) atoms. The van der Waals surface area contributed by atoms with Gasteiger partial charge in [-0.15, -0.1) is 0 Å². The van der Waals surface area contributed by atoms with Crippen LogP contribution in [0.1, 0.15) is 28.9 Å². The quantitative estimate of drug-likeness (QED) is 0.621. The number of nitrogens with one attached hydrogen (secondary N) is 2. The lowest BCUT2D eigenvalue weighted by atomic mass is 10.0. The standard InChI is InChI=1S/C22H24FN5O/c23-18-11-5-4-9-16(18)13-28-12-6-10-17(14-28)25-22(29)20-19(21(24)27-26-20)15-7-2-1-3-8-15/h1-5,7-9,11,17H,6,10,12-14H2,(H,25,29)(H3,24,26,27)/t17-/m1/s1. The summed E-state index contributed by atoms with van der Waals surface area (Å²) in [5.41, 5.74) is 8.49. The Balaban J connectivity index is 1.45. The zero-order valence-corrected chi connectivity index (χ0v) is 16.1. The summed E-state index contributed by atoms with van der Waals surface area (Å²) in [6.07, 6.45) is 1.82. The number of nitrogen functional groups attached to an aromatic ring is 1. The second kappa shape index (κ2) is 8.45. The number of aromatic amines is 1. The van der Waals surface area contributed by atoms with Crippen LogP contribution in [0.3, 0.4) is 0 Å². The highest BCUT2D eigenvalue weighted by Gasteiger charge is 2.25. The number of piperidine rings is 1. The maximum atomic E-state index is 14.0. The molecule has 1 aliphatic heterocycles. The predicted octanol–water partition coefficient (Wildman–Crippen LogP) is 3.19. The lowest BCUT2D eigenvalue weighted by Gasteiger charge is -2.33. The Bertz CT molecular complexity index is 988. The molecule has 0 aliphatic carbocycles. The van der Waals surface area contributed by atoms with Crippen LogP contribution in [0.15, 0.2) is 54.6 Å². The van der Waals surface area contributed by atoms with Crippen molar-refractivity contribution in [3.8, 4) is 11.1 Å². The van der Waals surface area contributed by atoms with E-state index in [9.17, 15) is 9.18 Å². The lowest BCUT2D eigenvalue weighted by molar-refractivity contribution is 0.0895. The highest BCUT2D eigenvalue weighted by atomic mass is 19.1. The number of carbonyl (C=O) groups excluding carboxylic acids is 1. The summed E-state index contributed by atoms with van der Waals surface area (Å²) in [6, 6.07) is 16.3. The average Bonchev–Trinajstić information content (AvgIpc) is 3.12. The number of likely N-dealkylation sites (tertiary alicyclic amines) is 1. The third-order valence-corrected chi connectivity index (χ3v) is 5.28. The number of benzene rings is 2. The van der Waals surface area contributed by atoms with Gasteiger partial charge in [0.25, 0.3) is 5.91 Å². The molecule has 1 aliphatic rings. The molecule has 0 saturated carbocycles. The molecule has 7 heteroatoms. The van der Waals surface area contributed by atoms with Gasteiger partial charge in [0.15, 0.2) is 5.82 Å². The Morgan fingerprint density at radius 1 is 1.21 bits per heavy atom. The van der Waals surface area contributed by atoms with Crippen molar-refractivity contribution in [3.63, 3.8) is 0 Å². The molecule has 150 valence electrons. The van der Waals surface area contributed by atoms with E-state index in [1.165, 1.54) is 6.07 Å². The van der Waals surface area contributed by atoms with Gasteiger partial charge in [-0.25, -0.2) is 4.39 Å². The molecule has 4 N–H and O–H groups in total. The Hall–Kier alpha value is -3.19.